The number of nitrogens with zero attached hydrogens (tertiary/aromatic N) is 6. The molecule has 1 aliphatic rings. The summed E-state index contributed by atoms with van der Waals surface area (Å²) in [5.41, 5.74) is 0.860. The predicted octanol–water partition coefficient (Wildman–Crippen LogP) is 3.64. The molecule has 158 valence electrons. The predicted molar refractivity (Wildman–Crippen MR) is 116 cm³/mol. The average molecular weight is 428 g/mol. The number of benzene rings is 1. The van der Waals surface area contributed by atoms with Gasteiger partial charge in [0.25, 0.3) is 0 Å². The van der Waals surface area contributed by atoms with E-state index in [9.17, 15) is 0 Å². The van der Waals surface area contributed by atoms with Crippen LogP contribution >= 0.6 is 11.6 Å². The van der Waals surface area contributed by atoms with Crippen LogP contribution in [-0.4, -0.2) is 50.2 Å². The van der Waals surface area contributed by atoms with Crippen molar-refractivity contribution < 1.29 is 4.52 Å². The molecule has 3 heterocycles. The first-order valence-electron chi connectivity index (χ1n) is 10.2. The van der Waals surface area contributed by atoms with Gasteiger partial charge in [-0.1, -0.05) is 23.7 Å². The Morgan fingerprint density at radius 1 is 1.33 bits per heavy atom. The minimum Gasteiger partial charge on any atom is -0.357 e. The lowest BCUT2D eigenvalue weighted by Gasteiger charge is -2.39. The first kappa shape index (κ1) is 20.4. The number of hydrogen-bond acceptors (Lipinski definition) is 5. The molecule has 2 atom stereocenters. The Hall–Kier alpha value is -2.87. The zero-order valence-electron chi connectivity index (χ0n) is 17.2. The van der Waals surface area contributed by atoms with Gasteiger partial charge in [-0.25, -0.2) is 9.98 Å². The van der Waals surface area contributed by atoms with Crippen molar-refractivity contribution in [1.29, 1.82) is 0 Å². The van der Waals surface area contributed by atoms with Crippen molar-refractivity contribution in [2.45, 2.75) is 32.9 Å². The molecule has 30 heavy (non-hydrogen) atoms. The second-order valence-corrected chi connectivity index (χ2v) is 7.91. The number of aromatic nitrogens is 4. The molecule has 1 N–H and O–H groups in total. The highest BCUT2D eigenvalue weighted by molar-refractivity contribution is 6.30. The van der Waals surface area contributed by atoms with E-state index in [1.807, 2.05) is 43.0 Å². The topological polar surface area (TPSA) is 84.4 Å². The summed E-state index contributed by atoms with van der Waals surface area (Å²) in [7, 11) is 0. The van der Waals surface area contributed by atoms with Crippen molar-refractivity contribution in [2.24, 2.45) is 10.9 Å². The van der Waals surface area contributed by atoms with E-state index in [2.05, 4.69) is 43.8 Å². The molecular formula is C21H26ClN7O. The van der Waals surface area contributed by atoms with Crippen LogP contribution in [0.3, 0.4) is 0 Å². The molecule has 0 radical (unpaired) electrons. The van der Waals surface area contributed by atoms with Crippen LogP contribution in [0.25, 0.3) is 11.4 Å². The molecule has 2 unspecified atom stereocenters. The van der Waals surface area contributed by atoms with Crippen molar-refractivity contribution in [3.63, 3.8) is 0 Å². The average Bonchev–Trinajstić information content (AvgIpc) is 3.45. The van der Waals surface area contributed by atoms with Crippen LogP contribution in [0.15, 0.2) is 52.5 Å². The number of piperidine rings is 1. The maximum Gasteiger partial charge on any atom is 0.248 e. The molecule has 0 saturated carbocycles. The van der Waals surface area contributed by atoms with E-state index >= 15 is 0 Å². The molecule has 1 aliphatic heterocycles. The Kier molecular flexibility index (Phi) is 6.32. The summed E-state index contributed by atoms with van der Waals surface area (Å²) in [6.07, 6.45) is 6.85. The summed E-state index contributed by atoms with van der Waals surface area (Å²) < 4.78 is 7.59. The third-order valence-electron chi connectivity index (χ3n) is 5.40. The zero-order valence-corrected chi connectivity index (χ0v) is 18.0. The summed E-state index contributed by atoms with van der Waals surface area (Å²) >= 11 is 5.95. The first-order chi connectivity index (χ1) is 14.6. The van der Waals surface area contributed by atoms with Gasteiger partial charge in [0.2, 0.25) is 11.7 Å². The molecule has 0 spiro atoms. The van der Waals surface area contributed by atoms with E-state index in [-0.39, 0.29) is 0 Å². The van der Waals surface area contributed by atoms with Gasteiger partial charge in [-0.3, -0.25) is 0 Å². The maximum absolute atomic E-state index is 5.95. The van der Waals surface area contributed by atoms with Crippen LogP contribution in [0.4, 0.5) is 0 Å². The summed E-state index contributed by atoms with van der Waals surface area (Å²) in [5, 5.41) is 8.13. The Morgan fingerprint density at radius 3 is 2.90 bits per heavy atom. The molecule has 9 heteroatoms. The Bertz CT molecular complexity index is 968. The van der Waals surface area contributed by atoms with Gasteiger partial charge in [-0.2, -0.15) is 4.98 Å². The molecule has 1 aromatic carbocycles. The van der Waals surface area contributed by atoms with Crippen molar-refractivity contribution >= 4 is 17.6 Å². The van der Waals surface area contributed by atoms with Crippen molar-refractivity contribution in [1.82, 2.24) is 29.9 Å². The number of halogens is 1. The van der Waals surface area contributed by atoms with Gasteiger partial charge in [0, 0.05) is 42.6 Å². The van der Waals surface area contributed by atoms with E-state index in [0.29, 0.717) is 35.2 Å². The molecule has 0 aliphatic carbocycles. The third kappa shape index (κ3) is 4.64. The molecule has 2 aromatic heterocycles. The number of imidazole rings is 1. The zero-order chi connectivity index (χ0) is 20.9. The summed E-state index contributed by atoms with van der Waals surface area (Å²) in [6.45, 7) is 7.32. The van der Waals surface area contributed by atoms with Crippen LogP contribution in [0, 0.1) is 5.92 Å². The smallest absolute Gasteiger partial charge is 0.248 e. The number of aliphatic imine (C=N–C) groups is 1. The lowest BCUT2D eigenvalue weighted by atomic mass is 9.93. The lowest BCUT2D eigenvalue weighted by Crippen LogP contribution is -2.49. The van der Waals surface area contributed by atoms with E-state index < -0.39 is 0 Å². The van der Waals surface area contributed by atoms with Gasteiger partial charge < -0.3 is 19.3 Å². The maximum atomic E-state index is 5.95. The summed E-state index contributed by atoms with van der Waals surface area (Å²) in [5.74, 6) is 2.46. The quantitative estimate of drug-likeness (QED) is 0.494. The van der Waals surface area contributed by atoms with Crippen molar-refractivity contribution in [3.8, 4) is 11.4 Å². The van der Waals surface area contributed by atoms with Gasteiger partial charge in [-0.05, 0) is 43.5 Å². The third-order valence-corrected chi connectivity index (χ3v) is 5.65. The van der Waals surface area contributed by atoms with Crippen LogP contribution in [0.5, 0.6) is 0 Å². The normalized spacial score (nSPS) is 19.8. The largest absolute Gasteiger partial charge is 0.357 e. The van der Waals surface area contributed by atoms with Crippen molar-refractivity contribution in [3.05, 3.63) is 53.9 Å². The molecule has 8 nitrogen and oxygen atoms in total. The fourth-order valence-electron chi connectivity index (χ4n) is 3.70. The number of rotatable bonds is 5. The van der Waals surface area contributed by atoms with Crippen LogP contribution in [-0.2, 0) is 6.54 Å². The second kappa shape index (κ2) is 9.30. The fourth-order valence-corrected chi connectivity index (χ4v) is 3.82. The molecule has 0 amide bonds. The number of guanidine groups is 1. The summed E-state index contributed by atoms with van der Waals surface area (Å²) in [4.78, 5) is 15.7. The van der Waals surface area contributed by atoms with Gasteiger partial charge in [0.15, 0.2) is 5.96 Å². The highest BCUT2D eigenvalue weighted by Crippen LogP contribution is 2.27. The van der Waals surface area contributed by atoms with Crippen LogP contribution in [0.1, 0.15) is 32.2 Å². The first-order valence-corrected chi connectivity index (χ1v) is 10.6. The van der Waals surface area contributed by atoms with Crippen LogP contribution < -0.4 is 5.32 Å². The van der Waals surface area contributed by atoms with Gasteiger partial charge in [-0.15, -0.1) is 0 Å². The lowest BCUT2D eigenvalue weighted by molar-refractivity contribution is 0.189. The molecule has 0 bridgehead atoms. The minimum atomic E-state index is 0.324. The standard InChI is InChI=1S/C21H26ClN7O/c1-3-24-21(28-10-8-15(2)18(13-28)29-11-9-23-14-29)25-12-19-26-20(27-30-19)16-4-6-17(22)7-5-16/h4-7,9,11,14-15,18H,3,8,10,12-13H2,1-2H3,(H,24,25). The van der Waals surface area contributed by atoms with Gasteiger partial charge in [0.1, 0.15) is 6.54 Å². The minimum absolute atomic E-state index is 0.324. The Morgan fingerprint density at radius 2 is 2.17 bits per heavy atom. The molecule has 4 rings (SSSR count). The SMILES string of the molecule is CCNC(=NCc1nc(-c2ccc(Cl)cc2)no1)N1CCC(C)C(n2ccnc2)C1. The number of nitrogens with one attached hydrogen (secondary N) is 1. The Balaban J connectivity index is 1.47. The highest BCUT2D eigenvalue weighted by Gasteiger charge is 2.29. The molecule has 1 fully saturated rings. The van der Waals surface area contributed by atoms with Gasteiger partial charge in [0.05, 0.1) is 12.4 Å². The second-order valence-electron chi connectivity index (χ2n) is 7.48. The summed E-state index contributed by atoms with van der Waals surface area (Å²) in [6, 6.07) is 7.72. The number of likely N-dealkylation sites (tertiary alicyclic amines) is 1. The van der Waals surface area contributed by atoms with E-state index in [1.165, 1.54) is 0 Å². The van der Waals surface area contributed by atoms with E-state index in [1.54, 1.807) is 0 Å². The Labute approximate surface area is 181 Å². The van der Waals surface area contributed by atoms with E-state index in [0.717, 1.165) is 37.6 Å². The van der Waals surface area contributed by atoms with E-state index in [4.69, 9.17) is 21.1 Å². The fraction of sp³-hybridized carbons (Fsp3) is 0.429. The van der Waals surface area contributed by atoms with Gasteiger partial charge >= 0.3 is 0 Å². The van der Waals surface area contributed by atoms with Crippen molar-refractivity contribution in [2.75, 3.05) is 19.6 Å². The monoisotopic (exact) mass is 427 g/mol. The van der Waals surface area contributed by atoms with Crippen LogP contribution in [0.2, 0.25) is 5.02 Å². The molecule has 1 saturated heterocycles. The number of hydrogen-bond donors (Lipinski definition) is 1. The molecular weight excluding hydrogens is 402 g/mol. The highest BCUT2D eigenvalue weighted by atomic mass is 35.5. The molecule has 3 aromatic rings.